The fraction of sp³-hybridized carbons (Fsp3) is 0.286. The molecule has 1 aromatic carbocycles. The molecule has 3 aromatic rings. The monoisotopic (exact) mass is 430 g/mol. The largest absolute Gasteiger partial charge is 0.252 e. The summed E-state index contributed by atoms with van der Waals surface area (Å²) < 4.78 is 62.2. The predicted molar refractivity (Wildman–Crippen MR) is 99.3 cm³/mol. The maximum absolute atomic E-state index is 13.0. The Labute approximate surface area is 159 Å². The van der Waals surface area contributed by atoms with Crippen LogP contribution in [0.1, 0.15) is 0 Å². The molecule has 12 heteroatoms. The van der Waals surface area contributed by atoms with Gasteiger partial charge in [0.15, 0.2) is 0 Å². The van der Waals surface area contributed by atoms with Crippen molar-refractivity contribution in [2.75, 3.05) is 26.2 Å². The van der Waals surface area contributed by atoms with Crippen LogP contribution in [0.3, 0.4) is 0 Å². The van der Waals surface area contributed by atoms with Crippen LogP contribution in [-0.4, -0.2) is 60.4 Å². The second-order valence-electron chi connectivity index (χ2n) is 5.63. The van der Waals surface area contributed by atoms with Crippen LogP contribution in [0.15, 0.2) is 44.8 Å². The summed E-state index contributed by atoms with van der Waals surface area (Å²) in [6.45, 7) is 0.428. The van der Waals surface area contributed by atoms with Crippen LogP contribution in [0.5, 0.6) is 0 Å². The molecule has 8 nitrogen and oxygen atoms in total. The normalized spacial score (nSPS) is 17.7. The van der Waals surface area contributed by atoms with E-state index in [0.29, 0.717) is 11.0 Å². The van der Waals surface area contributed by atoms with Gasteiger partial charge in [-0.1, -0.05) is 12.1 Å². The number of fused-ring (bicyclic) bond motifs is 1. The number of hydrogen-bond acceptors (Lipinski definition) is 8. The molecule has 26 heavy (non-hydrogen) atoms. The van der Waals surface area contributed by atoms with Gasteiger partial charge in [-0.05, 0) is 23.6 Å². The van der Waals surface area contributed by atoms with E-state index in [4.69, 9.17) is 0 Å². The molecule has 1 aliphatic heterocycles. The third-order valence-electron chi connectivity index (χ3n) is 4.15. The molecule has 0 saturated carbocycles. The molecule has 4 rings (SSSR count). The first-order valence-electron chi connectivity index (χ1n) is 7.66. The lowest BCUT2D eigenvalue weighted by Gasteiger charge is -2.32. The Morgan fingerprint density at radius 2 is 1.54 bits per heavy atom. The first kappa shape index (κ1) is 17.9. The number of benzene rings is 1. The lowest BCUT2D eigenvalue weighted by molar-refractivity contribution is 0.273. The number of piperazine rings is 1. The maximum atomic E-state index is 13.0. The van der Waals surface area contributed by atoms with Crippen molar-refractivity contribution in [2.45, 2.75) is 9.10 Å². The SMILES string of the molecule is O=S(=O)(c1cccs1)N1CCN(S(=O)(=O)c2cccc3nsnc23)CC1. The zero-order valence-electron chi connectivity index (χ0n) is 13.3. The second kappa shape index (κ2) is 6.62. The number of nitrogens with zero attached hydrogens (tertiary/aromatic N) is 4. The highest BCUT2D eigenvalue weighted by molar-refractivity contribution is 7.91. The van der Waals surface area contributed by atoms with Gasteiger partial charge in [0.2, 0.25) is 10.0 Å². The Morgan fingerprint density at radius 3 is 2.19 bits per heavy atom. The molecule has 138 valence electrons. The van der Waals surface area contributed by atoms with Crippen molar-refractivity contribution in [3.8, 4) is 0 Å². The van der Waals surface area contributed by atoms with Crippen molar-refractivity contribution in [1.82, 2.24) is 17.4 Å². The average molecular weight is 431 g/mol. The zero-order chi connectivity index (χ0) is 18.4. The number of thiophene rings is 1. The van der Waals surface area contributed by atoms with Crippen molar-refractivity contribution in [3.63, 3.8) is 0 Å². The summed E-state index contributed by atoms with van der Waals surface area (Å²) in [4.78, 5) is 0.110. The first-order valence-corrected chi connectivity index (χ1v) is 12.1. The Balaban J connectivity index is 1.57. The van der Waals surface area contributed by atoms with Gasteiger partial charge in [0, 0.05) is 26.2 Å². The minimum Gasteiger partial charge on any atom is -0.207 e. The van der Waals surface area contributed by atoms with Gasteiger partial charge < -0.3 is 0 Å². The summed E-state index contributed by atoms with van der Waals surface area (Å²) >= 11 is 2.12. The van der Waals surface area contributed by atoms with E-state index in [1.165, 1.54) is 14.7 Å². The molecule has 1 fully saturated rings. The van der Waals surface area contributed by atoms with Crippen molar-refractivity contribution >= 4 is 54.1 Å². The van der Waals surface area contributed by atoms with E-state index >= 15 is 0 Å². The molecule has 2 aromatic heterocycles. The predicted octanol–water partition coefficient (Wildman–Crippen LogP) is 1.45. The highest BCUT2D eigenvalue weighted by Crippen LogP contribution is 2.27. The minimum absolute atomic E-state index is 0.0981. The van der Waals surface area contributed by atoms with Crippen LogP contribution >= 0.6 is 23.1 Å². The van der Waals surface area contributed by atoms with E-state index in [1.807, 2.05) is 0 Å². The molecule has 0 unspecified atom stereocenters. The van der Waals surface area contributed by atoms with Crippen LogP contribution in [0.25, 0.3) is 11.0 Å². The van der Waals surface area contributed by atoms with Crippen molar-refractivity contribution < 1.29 is 16.8 Å². The quantitative estimate of drug-likeness (QED) is 0.621. The van der Waals surface area contributed by atoms with Gasteiger partial charge in [-0.2, -0.15) is 17.4 Å². The van der Waals surface area contributed by atoms with E-state index in [1.54, 1.807) is 29.6 Å². The van der Waals surface area contributed by atoms with Crippen molar-refractivity contribution in [2.24, 2.45) is 0 Å². The topological polar surface area (TPSA) is 101 Å². The van der Waals surface area contributed by atoms with Gasteiger partial charge in [-0.15, -0.1) is 11.3 Å². The smallest absolute Gasteiger partial charge is 0.207 e. The van der Waals surface area contributed by atoms with Gasteiger partial charge in [-0.25, -0.2) is 16.8 Å². The maximum Gasteiger partial charge on any atom is 0.252 e. The summed E-state index contributed by atoms with van der Waals surface area (Å²) in [5.41, 5.74) is 0.890. The lowest BCUT2D eigenvalue weighted by atomic mass is 10.3. The fourth-order valence-corrected chi connectivity index (χ4v) is 7.56. The highest BCUT2D eigenvalue weighted by Gasteiger charge is 2.35. The minimum atomic E-state index is -3.76. The molecule has 0 radical (unpaired) electrons. The van der Waals surface area contributed by atoms with Gasteiger partial charge in [0.1, 0.15) is 20.1 Å². The summed E-state index contributed by atoms with van der Waals surface area (Å²) in [6.07, 6.45) is 0. The second-order valence-corrected chi connectivity index (χ2v) is 11.2. The number of hydrogen-bond donors (Lipinski definition) is 0. The zero-order valence-corrected chi connectivity index (χ0v) is 16.6. The molecule has 0 spiro atoms. The van der Waals surface area contributed by atoms with Crippen LogP contribution < -0.4 is 0 Å². The van der Waals surface area contributed by atoms with Crippen LogP contribution in [0.4, 0.5) is 0 Å². The van der Waals surface area contributed by atoms with Crippen LogP contribution in [-0.2, 0) is 20.0 Å². The van der Waals surface area contributed by atoms with Crippen molar-refractivity contribution in [1.29, 1.82) is 0 Å². The van der Waals surface area contributed by atoms with Gasteiger partial charge in [0.25, 0.3) is 10.0 Å². The van der Waals surface area contributed by atoms with Crippen molar-refractivity contribution in [3.05, 3.63) is 35.7 Å². The summed E-state index contributed by atoms with van der Waals surface area (Å²) in [5.74, 6) is 0. The van der Waals surface area contributed by atoms with E-state index in [0.717, 1.165) is 23.1 Å². The van der Waals surface area contributed by atoms with Gasteiger partial charge >= 0.3 is 0 Å². The first-order chi connectivity index (χ1) is 12.4. The lowest BCUT2D eigenvalue weighted by Crippen LogP contribution is -2.50. The van der Waals surface area contributed by atoms with Gasteiger partial charge in [-0.3, -0.25) is 0 Å². The molecule has 3 heterocycles. The number of rotatable bonds is 4. The van der Waals surface area contributed by atoms with Crippen LogP contribution in [0.2, 0.25) is 0 Å². The van der Waals surface area contributed by atoms with Gasteiger partial charge in [0.05, 0.1) is 11.7 Å². The number of aromatic nitrogens is 2. The third kappa shape index (κ3) is 2.96. The molecule has 1 aliphatic rings. The fourth-order valence-electron chi connectivity index (χ4n) is 2.82. The molecule has 0 N–H and O–H groups in total. The molecular weight excluding hydrogens is 416 g/mol. The third-order valence-corrected chi connectivity index (χ3v) is 9.90. The molecule has 0 amide bonds. The van der Waals surface area contributed by atoms with E-state index in [2.05, 4.69) is 8.75 Å². The molecule has 0 atom stereocenters. The molecule has 0 aliphatic carbocycles. The van der Waals surface area contributed by atoms with E-state index < -0.39 is 20.0 Å². The van der Waals surface area contributed by atoms with Crippen LogP contribution in [0, 0.1) is 0 Å². The summed E-state index contributed by atoms with van der Waals surface area (Å²) in [6, 6.07) is 8.09. The van der Waals surface area contributed by atoms with E-state index in [9.17, 15) is 16.8 Å². The Bertz CT molecular complexity index is 1130. The molecular formula is C14H14N4O4S4. The molecule has 0 bridgehead atoms. The Kier molecular flexibility index (Phi) is 4.57. The number of sulfonamides is 2. The Hall–Kier alpha value is -1.44. The highest BCUT2D eigenvalue weighted by atomic mass is 32.2. The van der Waals surface area contributed by atoms with E-state index in [-0.39, 0.29) is 35.3 Å². The Morgan fingerprint density at radius 1 is 0.846 bits per heavy atom. The average Bonchev–Trinajstić information content (AvgIpc) is 3.33. The summed E-state index contributed by atoms with van der Waals surface area (Å²) in [7, 11) is -7.33. The summed E-state index contributed by atoms with van der Waals surface area (Å²) in [5, 5.41) is 1.70. The molecule has 1 saturated heterocycles. The standard InChI is InChI=1S/C14H14N4O4S4/c19-25(20,12-4-1-3-11-14(12)16-24-15-11)17-6-8-18(9-7-17)26(21,22)13-5-2-10-23-13/h1-5,10H,6-9H2.